The number of likely N-dealkylation sites (N-methyl/N-ethyl adjacent to an activating group) is 1. The number of hydrogen-bond donors (Lipinski definition) is 3. The summed E-state index contributed by atoms with van der Waals surface area (Å²) >= 11 is 0. The second-order valence-corrected chi connectivity index (χ2v) is 8.87. The number of halogens is 1. The summed E-state index contributed by atoms with van der Waals surface area (Å²) in [4.78, 5) is 11.4. The average Bonchev–Trinajstić information content (AvgIpc) is 3.23. The molecule has 2 aromatic rings. The number of rotatable bonds is 9. The minimum absolute atomic E-state index is 0. The van der Waals surface area contributed by atoms with Gasteiger partial charge in [0.05, 0.1) is 32.0 Å². The first kappa shape index (κ1) is 40.3. The van der Waals surface area contributed by atoms with Crippen molar-refractivity contribution in [2.45, 2.75) is 57.6 Å². The number of carbonyl (C=O) groups is 1. The first-order chi connectivity index (χ1) is 18.1. The van der Waals surface area contributed by atoms with E-state index in [4.69, 9.17) is 14.2 Å². The van der Waals surface area contributed by atoms with E-state index in [9.17, 15) is 24.5 Å². The zero-order valence-corrected chi connectivity index (χ0v) is 27.4. The maximum absolute atomic E-state index is 11.9. The van der Waals surface area contributed by atoms with Gasteiger partial charge in [0.25, 0.3) is 0 Å². The first-order valence-electron chi connectivity index (χ1n) is 12.4. The van der Waals surface area contributed by atoms with Crippen molar-refractivity contribution in [2.24, 2.45) is 0 Å². The van der Waals surface area contributed by atoms with Crippen molar-refractivity contribution in [3.63, 3.8) is 0 Å². The van der Waals surface area contributed by atoms with Crippen LogP contribution in [-0.4, -0.2) is 93.4 Å². The van der Waals surface area contributed by atoms with Crippen LogP contribution in [0.1, 0.15) is 25.8 Å². The fraction of sp³-hybridized carbons (Fsp3) is 0.536. The standard InChI is InChI=1S/C16H24O5.C6H5FO.C4H9NO.C2H7N.K/c1-11-8-14(21-15(9-17)12(2)18)16(20-11)19-10-13-6-4-3-5-7-13;7-5-1-3-6(8)4-2-5;1-5(2)3-4-6;1-3-2;/h3-7,11-12,14-18H,8-10H2,1-2H3;1-4,8H;4H,3H2,1-2H3;3H,1-2H3;/q;;;;+1/p-1. The van der Waals surface area contributed by atoms with Gasteiger partial charge in [0.2, 0.25) is 0 Å². The van der Waals surface area contributed by atoms with Crippen molar-refractivity contribution in [1.29, 1.82) is 0 Å². The smallest absolute Gasteiger partial charge is 0.872 e. The maximum Gasteiger partial charge on any atom is 1.00 e. The van der Waals surface area contributed by atoms with Crippen LogP contribution in [0.2, 0.25) is 0 Å². The fourth-order valence-electron chi connectivity index (χ4n) is 2.95. The minimum Gasteiger partial charge on any atom is -0.872 e. The monoisotopic (exact) mass is 578 g/mol. The zero-order chi connectivity index (χ0) is 28.9. The van der Waals surface area contributed by atoms with Crippen LogP contribution in [0.4, 0.5) is 4.39 Å². The summed E-state index contributed by atoms with van der Waals surface area (Å²) < 4.78 is 29.2. The Kier molecular flexibility index (Phi) is 25.8. The number of benzene rings is 2. The molecule has 0 aromatic heterocycles. The normalized spacial score (nSPS) is 19.1. The third kappa shape index (κ3) is 20.7. The van der Waals surface area contributed by atoms with Crippen LogP contribution >= 0.6 is 0 Å². The molecule has 2 aromatic carbocycles. The van der Waals surface area contributed by atoms with Crippen LogP contribution in [0.5, 0.6) is 5.75 Å². The predicted octanol–water partition coefficient (Wildman–Crippen LogP) is -1.05. The molecule has 1 aliphatic rings. The first-order valence-corrected chi connectivity index (χ1v) is 12.4. The number of aliphatic hydroxyl groups is 2. The molecular weight excluding hydrogens is 534 g/mol. The SMILES string of the molecule is CC1CC(OC(CO)C(C)O)C(OCc2ccccc2)O1.CN(C)CC=O.CNC.[K+].[O-]c1ccc(F)cc1. The second kappa shape index (κ2) is 24.9. The van der Waals surface area contributed by atoms with E-state index in [1.807, 2.05) is 70.3 Å². The predicted molar refractivity (Wildman–Crippen MR) is 143 cm³/mol. The van der Waals surface area contributed by atoms with Gasteiger partial charge in [-0.05, 0) is 59.7 Å². The van der Waals surface area contributed by atoms with Gasteiger partial charge in [-0.3, -0.25) is 0 Å². The number of aliphatic hydroxyl groups excluding tert-OH is 2. The molecule has 0 aliphatic carbocycles. The van der Waals surface area contributed by atoms with E-state index in [1.165, 1.54) is 12.1 Å². The molecule has 5 unspecified atom stereocenters. The number of aldehydes is 1. The quantitative estimate of drug-likeness (QED) is 0.253. The van der Waals surface area contributed by atoms with E-state index < -0.39 is 18.5 Å². The van der Waals surface area contributed by atoms with Crippen LogP contribution in [0.3, 0.4) is 0 Å². The van der Waals surface area contributed by atoms with Gasteiger partial charge in [0, 0.05) is 6.42 Å². The molecule has 0 saturated carbocycles. The van der Waals surface area contributed by atoms with Crippen molar-refractivity contribution in [2.75, 3.05) is 41.3 Å². The van der Waals surface area contributed by atoms with E-state index in [0.29, 0.717) is 19.6 Å². The molecule has 0 spiro atoms. The molecule has 0 bridgehead atoms. The molecule has 0 radical (unpaired) electrons. The van der Waals surface area contributed by atoms with Gasteiger partial charge in [-0.25, -0.2) is 4.39 Å². The van der Waals surface area contributed by atoms with E-state index in [-0.39, 0.29) is 81.8 Å². The van der Waals surface area contributed by atoms with Gasteiger partial charge < -0.3 is 44.5 Å². The Balaban J connectivity index is 0. The molecule has 1 saturated heterocycles. The maximum atomic E-state index is 11.9. The van der Waals surface area contributed by atoms with Crippen LogP contribution < -0.4 is 61.8 Å². The van der Waals surface area contributed by atoms with E-state index in [0.717, 1.165) is 24.0 Å². The fourth-order valence-corrected chi connectivity index (χ4v) is 2.95. The summed E-state index contributed by atoms with van der Waals surface area (Å²) in [7, 11) is 7.46. The Morgan fingerprint density at radius 2 is 1.74 bits per heavy atom. The van der Waals surface area contributed by atoms with Gasteiger partial charge in [-0.15, -0.1) is 5.75 Å². The van der Waals surface area contributed by atoms with Gasteiger partial charge in [0.15, 0.2) is 6.29 Å². The zero-order valence-electron chi connectivity index (χ0n) is 24.2. The Bertz CT molecular complexity index is 811. The van der Waals surface area contributed by atoms with Gasteiger partial charge >= 0.3 is 51.4 Å². The van der Waals surface area contributed by atoms with Crippen LogP contribution in [0.15, 0.2) is 54.6 Å². The molecule has 3 N–H and O–H groups in total. The molecule has 1 heterocycles. The summed E-state index contributed by atoms with van der Waals surface area (Å²) in [5.74, 6) is -0.531. The third-order valence-corrected chi connectivity index (χ3v) is 4.81. The molecule has 0 amide bonds. The van der Waals surface area contributed by atoms with Crippen LogP contribution in [0.25, 0.3) is 0 Å². The third-order valence-electron chi connectivity index (χ3n) is 4.81. The molecule has 39 heavy (non-hydrogen) atoms. The molecule has 5 atom stereocenters. The minimum atomic E-state index is -0.735. The molecule has 216 valence electrons. The second-order valence-electron chi connectivity index (χ2n) is 8.87. The van der Waals surface area contributed by atoms with Gasteiger partial charge in [-0.1, -0.05) is 42.5 Å². The summed E-state index contributed by atoms with van der Waals surface area (Å²) in [6, 6.07) is 14.5. The molecule has 3 rings (SSSR count). The summed E-state index contributed by atoms with van der Waals surface area (Å²) in [5, 5.41) is 31.8. The molecular formula is C28H44FKN2O7. The Morgan fingerprint density at radius 3 is 2.15 bits per heavy atom. The number of nitrogens with one attached hydrogen (secondary N) is 1. The topological polar surface area (TPSA) is 124 Å². The van der Waals surface area contributed by atoms with Crippen molar-refractivity contribution < 1.29 is 90.1 Å². The van der Waals surface area contributed by atoms with E-state index >= 15 is 0 Å². The molecule has 1 aliphatic heterocycles. The molecule has 1 fully saturated rings. The summed E-state index contributed by atoms with van der Waals surface area (Å²) in [6.45, 7) is 4.29. The average molecular weight is 579 g/mol. The van der Waals surface area contributed by atoms with Gasteiger partial charge in [-0.2, -0.15) is 0 Å². The summed E-state index contributed by atoms with van der Waals surface area (Å²) in [5.41, 5.74) is 1.06. The Morgan fingerprint density at radius 1 is 1.18 bits per heavy atom. The van der Waals surface area contributed by atoms with Crippen LogP contribution in [-0.2, 0) is 25.6 Å². The Labute approximate surface area is 275 Å². The van der Waals surface area contributed by atoms with Crippen molar-refractivity contribution >= 4 is 6.29 Å². The van der Waals surface area contributed by atoms with Crippen LogP contribution in [0, 0.1) is 5.82 Å². The van der Waals surface area contributed by atoms with E-state index in [2.05, 4.69) is 5.32 Å². The Hall–Kier alpha value is -0.804. The number of ether oxygens (including phenoxy) is 3. The van der Waals surface area contributed by atoms with E-state index in [1.54, 1.807) is 6.92 Å². The number of nitrogens with zero attached hydrogens (tertiary/aromatic N) is 1. The van der Waals surface area contributed by atoms with Gasteiger partial charge in [0.1, 0.15) is 24.3 Å². The number of hydrogen-bond acceptors (Lipinski definition) is 9. The van der Waals surface area contributed by atoms with Crippen molar-refractivity contribution in [3.05, 3.63) is 66.0 Å². The van der Waals surface area contributed by atoms with Crippen molar-refractivity contribution in [3.8, 4) is 5.75 Å². The largest absolute Gasteiger partial charge is 1.00 e. The molecule has 9 nitrogen and oxygen atoms in total. The van der Waals surface area contributed by atoms with Crippen molar-refractivity contribution in [1.82, 2.24) is 10.2 Å². The molecule has 11 heteroatoms. The summed E-state index contributed by atoms with van der Waals surface area (Å²) in [6.07, 6.45) is -0.525. The number of carbonyl (C=O) groups excluding carboxylic acids is 1.